The lowest BCUT2D eigenvalue weighted by molar-refractivity contribution is 0.431. The fraction of sp³-hybridized carbons (Fsp3) is 0.375. The van der Waals surface area contributed by atoms with E-state index in [9.17, 15) is 0 Å². The van der Waals surface area contributed by atoms with Crippen LogP contribution in [0.25, 0.3) is 0 Å². The summed E-state index contributed by atoms with van der Waals surface area (Å²) in [4.78, 5) is 1.43. The molecule has 2 aromatic rings. The van der Waals surface area contributed by atoms with Crippen molar-refractivity contribution in [2.75, 3.05) is 0 Å². The van der Waals surface area contributed by atoms with E-state index in [-0.39, 0.29) is 0 Å². The van der Waals surface area contributed by atoms with E-state index < -0.39 is 0 Å². The summed E-state index contributed by atoms with van der Waals surface area (Å²) in [5.41, 5.74) is 4.35. The average Bonchev–Trinajstić information content (AvgIpc) is 2.91. The van der Waals surface area contributed by atoms with Gasteiger partial charge in [-0.2, -0.15) is 0 Å². The second-order valence-electron chi connectivity index (χ2n) is 5.13. The Balaban J connectivity index is 2.06. The molecule has 0 saturated carbocycles. The van der Waals surface area contributed by atoms with Crippen LogP contribution < -0.4 is 5.32 Å². The Bertz CT molecular complexity index is 530. The van der Waals surface area contributed by atoms with Gasteiger partial charge in [0.25, 0.3) is 0 Å². The number of benzene rings is 1. The predicted octanol–water partition coefficient (Wildman–Crippen LogP) is 4.07. The van der Waals surface area contributed by atoms with Crippen LogP contribution in [0, 0.1) is 6.92 Å². The van der Waals surface area contributed by atoms with Crippen LogP contribution in [0.3, 0.4) is 0 Å². The Labute approximate surface area is 113 Å². The van der Waals surface area contributed by atoms with Crippen LogP contribution in [0.4, 0.5) is 0 Å². The van der Waals surface area contributed by atoms with E-state index in [4.69, 9.17) is 0 Å². The molecule has 2 atom stereocenters. The smallest absolute Gasteiger partial charge is 0.0676 e. The zero-order chi connectivity index (χ0) is 12.5. The number of hydrogen-bond acceptors (Lipinski definition) is 2. The van der Waals surface area contributed by atoms with E-state index in [1.807, 2.05) is 11.3 Å². The standard InChI is InChI=1S/C16H19NS/c1-3-13-10-12-7-6-11(2)9-14(12)16(17-13)15-5-4-8-18-15/h4-9,13,16-17H,3,10H2,1-2H3. The predicted molar refractivity (Wildman–Crippen MR) is 78.3 cm³/mol. The summed E-state index contributed by atoms with van der Waals surface area (Å²) < 4.78 is 0. The zero-order valence-corrected chi connectivity index (χ0v) is 11.8. The normalized spacial score (nSPS) is 22.8. The van der Waals surface area contributed by atoms with Gasteiger partial charge < -0.3 is 5.32 Å². The quantitative estimate of drug-likeness (QED) is 0.855. The molecule has 1 aliphatic heterocycles. The maximum atomic E-state index is 3.80. The summed E-state index contributed by atoms with van der Waals surface area (Å²) in [6.07, 6.45) is 2.35. The summed E-state index contributed by atoms with van der Waals surface area (Å²) in [6, 6.07) is 12.3. The number of thiophene rings is 1. The van der Waals surface area contributed by atoms with Gasteiger partial charge in [-0.1, -0.05) is 36.8 Å². The highest BCUT2D eigenvalue weighted by Gasteiger charge is 2.26. The number of aryl methyl sites for hydroxylation is 1. The third-order valence-electron chi connectivity index (χ3n) is 3.80. The van der Waals surface area contributed by atoms with Crippen LogP contribution in [-0.2, 0) is 6.42 Å². The summed E-state index contributed by atoms with van der Waals surface area (Å²) in [7, 11) is 0. The van der Waals surface area contributed by atoms with Crippen LogP contribution in [0.5, 0.6) is 0 Å². The Morgan fingerprint density at radius 1 is 1.33 bits per heavy atom. The number of hydrogen-bond donors (Lipinski definition) is 1. The molecule has 1 aromatic carbocycles. The van der Waals surface area contributed by atoms with Gasteiger partial charge in [-0.15, -0.1) is 11.3 Å². The van der Waals surface area contributed by atoms with Gasteiger partial charge in [0, 0.05) is 10.9 Å². The van der Waals surface area contributed by atoms with E-state index in [0.29, 0.717) is 12.1 Å². The molecule has 1 aliphatic rings. The number of nitrogens with one attached hydrogen (secondary N) is 1. The average molecular weight is 257 g/mol. The summed E-state index contributed by atoms with van der Waals surface area (Å²) in [5, 5.41) is 5.97. The van der Waals surface area contributed by atoms with E-state index in [2.05, 4.69) is 54.9 Å². The summed E-state index contributed by atoms with van der Waals surface area (Å²) in [5.74, 6) is 0. The van der Waals surface area contributed by atoms with Crippen molar-refractivity contribution in [1.29, 1.82) is 0 Å². The number of fused-ring (bicyclic) bond motifs is 1. The Morgan fingerprint density at radius 3 is 2.94 bits per heavy atom. The van der Waals surface area contributed by atoms with E-state index in [1.165, 1.54) is 28.0 Å². The lowest BCUT2D eigenvalue weighted by atomic mass is 9.87. The van der Waals surface area contributed by atoms with E-state index >= 15 is 0 Å². The van der Waals surface area contributed by atoms with E-state index in [0.717, 1.165) is 6.42 Å². The summed E-state index contributed by atoms with van der Waals surface area (Å²) >= 11 is 1.85. The van der Waals surface area contributed by atoms with Crippen molar-refractivity contribution in [3.05, 3.63) is 57.3 Å². The molecule has 0 saturated heterocycles. The lowest BCUT2D eigenvalue weighted by Gasteiger charge is -2.32. The third-order valence-corrected chi connectivity index (χ3v) is 4.74. The van der Waals surface area contributed by atoms with Crippen LogP contribution in [0.2, 0.25) is 0 Å². The van der Waals surface area contributed by atoms with Crippen molar-refractivity contribution in [2.24, 2.45) is 0 Å². The Hall–Kier alpha value is -1.12. The van der Waals surface area contributed by atoms with Gasteiger partial charge in [0.15, 0.2) is 0 Å². The molecule has 0 fully saturated rings. The highest BCUT2D eigenvalue weighted by Crippen LogP contribution is 2.34. The molecule has 2 heteroatoms. The molecule has 1 N–H and O–H groups in total. The SMILES string of the molecule is CCC1Cc2ccc(C)cc2C(c2cccs2)N1. The molecule has 0 radical (unpaired) electrons. The number of rotatable bonds is 2. The first-order chi connectivity index (χ1) is 8.78. The van der Waals surface area contributed by atoms with Gasteiger partial charge in [0.1, 0.15) is 0 Å². The van der Waals surface area contributed by atoms with Crippen LogP contribution in [0.15, 0.2) is 35.7 Å². The first-order valence-electron chi connectivity index (χ1n) is 6.67. The maximum Gasteiger partial charge on any atom is 0.0676 e. The van der Waals surface area contributed by atoms with Crippen molar-refractivity contribution in [2.45, 2.75) is 38.8 Å². The zero-order valence-electron chi connectivity index (χ0n) is 10.9. The maximum absolute atomic E-state index is 3.80. The largest absolute Gasteiger partial charge is 0.302 e. The Morgan fingerprint density at radius 2 is 2.22 bits per heavy atom. The molecule has 1 aromatic heterocycles. The van der Waals surface area contributed by atoms with Crippen molar-refractivity contribution >= 4 is 11.3 Å². The molecule has 18 heavy (non-hydrogen) atoms. The second kappa shape index (κ2) is 4.87. The fourth-order valence-corrected chi connectivity index (χ4v) is 3.57. The molecule has 3 rings (SSSR count). The van der Waals surface area contributed by atoms with Crippen LogP contribution in [0.1, 0.15) is 41.0 Å². The second-order valence-corrected chi connectivity index (χ2v) is 6.11. The van der Waals surface area contributed by atoms with Crippen molar-refractivity contribution in [3.63, 3.8) is 0 Å². The molecule has 0 aliphatic carbocycles. The van der Waals surface area contributed by atoms with Gasteiger partial charge in [-0.25, -0.2) is 0 Å². The monoisotopic (exact) mass is 257 g/mol. The molecular formula is C16H19NS. The fourth-order valence-electron chi connectivity index (χ4n) is 2.77. The van der Waals surface area contributed by atoms with Crippen molar-refractivity contribution < 1.29 is 0 Å². The van der Waals surface area contributed by atoms with Crippen LogP contribution in [-0.4, -0.2) is 6.04 Å². The third kappa shape index (κ3) is 2.11. The molecule has 0 bridgehead atoms. The van der Waals surface area contributed by atoms with Gasteiger partial charge in [-0.3, -0.25) is 0 Å². The van der Waals surface area contributed by atoms with Crippen molar-refractivity contribution in [1.82, 2.24) is 5.32 Å². The van der Waals surface area contributed by atoms with Crippen LogP contribution >= 0.6 is 11.3 Å². The summed E-state index contributed by atoms with van der Waals surface area (Å²) in [6.45, 7) is 4.44. The minimum atomic E-state index is 0.388. The first kappa shape index (κ1) is 11.9. The molecule has 1 nitrogen and oxygen atoms in total. The molecule has 94 valence electrons. The van der Waals surface area contributed by atoms with Crippen molar-refractivity contribution in [3.8, 4) is 0 Å². The van der Waals surface area contributed by atoms with Gasteiger partial charge in [0.05, 0.1) is 6.04 Å². The molecule has 2 unspecified atom stereocenters. The lowest BCUT2D eigenvalue weighted by Crippen LogP contribution is -2.39. The minimum absolute atomic E-state index is 0.388. The highest BCUT2D eigenvalue weighted by molar-refractivity contribution is 7.10. The van der Waals surface area contributed by atoms with Gasteiger partial charge in [-0.05, 0) is 42.3 Å². The molecule has 2 heterocycles. The molecule has 0 spiro atoms. The Kier molecular flexibility index (Phi) is 3.23. The highest BCUT2D eigenvalue weighted by atomic mass is 32.1. The topological polar surface area (TPSA) is 12.0 Å². The van der Waals surface area contributed by atoms with E-state index in [1.54, 1.807) is 0 Å². The molecular weight excluding hydrogens is 238 g/mol. The van der Waals surface area contributed by atoms with Gasteiger partial charge in [0.2, 0.25) is 0 Å². The first-order valence-corrected chi connectivity index (χ1v) is 7.54. The minimum Gasteiger partial charge on any atom is -0.302 e. The van der Waals surface area contributed by atoms with Gasteiger partial charge >= 0.3 is 0 Å². The molecule has 0 amide bonds.